The third kappa shape index (κ3) is 5.73. The van der Waals surface area contributed by atoms with E-state index in [-0.39, 0.29) is 0 Å². The van der Waals surface area contributed by atoms with Crippen molar-refractivity contribution in [3.05, 3.63) is 48.0 Å². The molecule has 0 amide bonds. The van der Waals surface area contributed by atoms with Crippen LogP contribution in [0.4, 0.5) is 10.3 Å². The summed E-state index contributed by atoms with van der Waals surface area (Å²) in [5.41, 5.74) is 1.19. The number of benzene rings is 1. The Hall–Kier alpha value is -2.02. The van der Waals surface area contributed by atoms with Crippen LogP contribution in [0.1, 0.15) is 37.7 Å². The van der Waals surface area contributed by atoms with Crippen LogP contribution in [0.2, 0.25) is 0 Å². The predicted octanol–water partition coefficient (Wildman–Crippen LogP) is 3.65. The van der Waals surface area contributed by atoms with E-state index in [1.165, 1.54) is 37.1 Å². The van der Waals surface area contributed by atoms with Crippen molar-refractivity contribution in [2.24, 2.45) is 5.92 Å². The Labute approximate surface area is 160 Å². The summed E-state index contributed by atoms with van der Waals surface area (Å²) in [6.45, 7) is 1.84. The van der Waals surface area contributed by atoms with Crippen molar-refractivity contribution >= 4 is 15.8 Å². The van der Waals surface area contributed by atoms with Gasteiger partial charge in [0.1, 0.15) is 0 Å². The molecule has 2 aromatic rings. The average molecular weight is 392 g/mol. The molecule has 2 heterocycles. The van der Waals surface area contributed by atoms with Gasteiger partial charge in [0.05, 0.1) is 17.3 Å². The molecule has 1 aromatic heterocycles. The zero-order chi connectivity index (χ0) is 19.3. The number of unbranched alkanes of at least 4 members (excludes halogenated alkanes) is 1. The molecule has 1 aromatic carbocycles. The van der Waals surface area contributed by atoms with E-state index in [1.807, 2.05) is 12.1 Å². The van der Waals surface area contributed by atoms with E-state index in [0.717, 1.165) is 38.8 Å². The fourth-order valence-corrected chi connectivity index (χ4v) is 4.19. The third-order valence-electron chi connectivity index (χ3n) is 5.18. The first kappa shape index (κ1) is 19.7. The van der Waals surface area contributed by atoms with Gasteiger partial charge < -0.3 is 4.90 Å². The zero-order valence-corrected chi connectivity index (χ0v) is 16.5. The summed E-state index contributed by atoms with van der Waals surface area (Å²) >= 11 is 0. The summed E-state index contributed by atoms with van der Waals surface area (Å²) in [7, 11) is -3.12. The van der Waals surface area contributed by atoms with Crippen LogP contribution in [0.3, 0.4) is 0 Å². The van der Waals surface area contributed by atoms with Crippen molar-refractivity contribution < 1.29 is 12.8 Å². The summed E-state index contributed by atoms with van der Waals surface area (Å²) in [6.07, 6.45) is 10.4. The Bertz CT molecular complexity index is 831. The fraction of sp³-hybridized carbons (Fsp3) is 0.500. The highest BCUT2D eigenvalue weighted by atomic mass is 32.2. The zero-order valence-electron chi connectivity index (χ0n) is 15.6. The van der Waals surface area contributed by atoms with Crippen LogP contribution in [0, 0.1) is 11.7 Å². The summed E-state index contributed by atoms with van der Waals surface area (Å²) in [6, 6.07) is 7.21. The van der Waals surface area contributed by atoms with Gasteiger partial charge in [-0.2, -0.15) is 0 Å². The summed E-state index contributed by atoms with van der Waals surface area (Å²) in [5, 5.41) is 0. The van der Waals surface area contributed by atoms with Gasteiger partial charge in [0.25, 0.3) is 0 Å². The molecule has 5 nitrogen and oxygen atoms in total. The van der Waals surface area contributed by atoms with Crippen LogP contribution in [-0.2, 0) is 16.3 Å². The second-order valence-corrected chi connectivity index (χ2v) is 9.31. The van der Waals surface area contributed by atoms with Crippen molar-refractivity contribution in [2.75, 3.05) is 24.2 Å². The first-order chi connectivity index (χ1) is 12.9. The molecule has 7 heteroatoms. The Morgan fingerprint density at radius 3 is 2.30 bits per heavy atom. The lowest BCUT2D eigenvalue weighted by Crippen LogP contribution is -2.34. The minimum Gasteiger partial charge on any atom is -0.341 e. The molecule has 1 aliphatic rings. The van der Waals surface area contributed by atoms with Crippen molar-refractivity contribution in [1.82, 2.24) is 9.97 Å². The number of piperidine rings is 1. The monoisotopic (exact) mass is 391 g/mol. The maximum Gasteiger partial charge on any atom is 0.225 e. The van der Waals surface area contributed by atoms with E-state index < -0.39 is 15.7 Å². The molecule has 146 valence electrons. The van der Waals surface area contributed by atoms with Gasteiger partial charge in [-0.1, -0.05) is 25.0 Å². The van der Waals surface area contributed by atoms with Gasteiger partial charge >= 0.3 is 0 Å². The van der Waals surface area contributed by atoms with Crippen LogP contribution < -0.4 is 4.90 Å². The van der Waals surface area contributed by atoms with Crippen molar-refractivity contribution in [1.29, 1.82) is 0 Å². The van der Waals surface area contributed by atoms with Crippen LogP contribution >= 0.6 is 0 Å². The number of rotatable bonds is 7. The van der Waals surface area contributed by atoms with E-state index in [9.17, 15) is 12.8 Å². The van der Waals surface area contributed by atoms with Crippen LogP contribution in [0.25, 0.3) is 0 Å². The van der Waals surface area contributed by atoms with Crippen molar-refractivity contribution in [3.8, 4) is 0 Å². The number of halogens is 1. The highest BCUT2D eigenvalue weighted by molar-refractivity contribution is 7.90. The number of aromatic nitrogens is 2. The Morgan fingerprint density at radius 1 is 1.07 bits per heavy atom. The van der Waals surface area contributed by atoms with Gasteiger partial charge in [0.15, 0.2) is 15.7 Å². The lowest BCUT2D eigenvalue weighted by atomic mass is 9.91. The normalized spacial score (nSPS) is 15.9. The first-order valence-corrected chi connectivity index (χ1v) is 11.3. The highest BCUT2D eigenvalue weighted by Crippen LogP contribution is 2.25. The van der Waals surface area contributed by atoms with Crippen LogP contribution in [0.5, 0.6) is 0 Å². The molecule has 0 N–H and O–H groups in total. The minimum atomic E-state index is -3.12. The third-order valence-corrected chi connectivity index (χ3v) is 6.31. The Balaban J connectivity index is 1.36. The molecule has 0 saturated carbocycles. The van der Waals surface area contributed by atoms with E-state index in [1.54, 1.807) is 12.1 Å². The molecule has 0 unspecified atom stereocenters. The van der Waals surface area contributed by atoms with E-state index in [0.29, 0.717) is 16.8 Å². The van der Waals surface area contributed by atoms with E-state index >= 15 is 0 Å². The molecule has 0 spiro atoms. The number of sulfone groups is 1. The Kier molecular flexibility index (Phi) is 6.42. The molecule has 27 heavy (non-hydrogen) atoms. The SMILES string of the molecule is CS(=O)(=O)c1ccc(CCCCC2CCN(c3ncc(F)cn3)CC2)cc1. The van der Waals surface area contributed by atoms with Gasteiger partial charge in [-0.3, -0.25) is 0 Å². The molecule has 3 rings (SSSR count). The average Bonchev–Trinajstić information content (AvgIpc) is 2.66. The summed E-state index contributed by atoms with van der Waals surface area (Å²) < 4.78 is 35.9. The molecular formula is C20H26FN3O2S. The number of hydrogen-bond donors (Lipinski definition) is 0. The van der Waals surface area contributed by atoms with Crippen molar-refractivity contribution in [3.63, 3.8) is 0 Å². The smallest absolute Gasteiger partial charge is 0.225 e. The highest BCUT2D eigenvalue weighted by Gasteiger charge is 2.20. The standard InChI is InChI=1S/C20H26FN3O2S/c1-27(25,26)19-8-6-16(7-9-19)4-2-3-5-17-10-12-24(13-11-17)20-22-14-18(21)15-23-20/h6-9,14-15,17H,2-5,10-13H2,1H3. The van der Waals surface area contributed by atoms with E-state index in [4.69, 9.17) is 0 Å². The largest absolute Gasteiger partial charge is 0.341 e. The summed E-state index contributed by atoms with van der Waals surface area (Å²) in [4.78, 5) is 10.6. The summed E-state index contributed by atoms with van der Waals surface area (Å²) in [5.74, 6) is 0.932. The molecule has 0 radical (unpaired) electrons. The Morgan fingerprint density at radius 2 is 1.70 bits per heavy atom. The fourth-order valence-electron chi connectivity index (χ4n) is 3.56. The number of nitrogens with zero attached hydrogens (tertiary/aromatic N) is 3. The van der Waals surface area contributed by atoms with Gasteiger partial charge in [0.2, 0.25) is 5.95 Å². The minimum absolute atomic E-state index is 0.378. The molecule has 1 fully saturated rings. The number of hydrogen-bond acceptors (Lipinski definition) is 5. The molecule has 0 bridgehead atoms. The first-order valence-electron chi connectivity index (χ1n) is 9.43. The van der Waals surface area contributed by atoms with E-state index in [2.05, 4.69) is 14.9 Å². The lowest BCUT2D eigenvalue weighted by Gasteiger charge is -2.31. The lowest BCUT2D eigenvalue weighted by molar-refractivity contribution is 0.366. The van der Waals surface area contributed by atoms with Crippen LogP contribution in [-0.4, -0.2) is 37.7 Å². The second kappa shape index (κ2) is 8.78. The maximum absolute atomic E-state index is 12.9. The van der Waals surface area contributed by atoms with Gasteiger partial charge in [-0.25, -0.2) is 22.8 Å². The van der Waals surface area contributed by atoms with Crippen LogP contribution in [0.15, 0.2) is 41.6 Å². The molecule has 0 atom stereocenters. The molecular weight excluding hydrogens is 365 g/mol. The van der Waals surface area contributed by atoms with Crippen molar-refractivity contribution in [2.45, 2.75) is 43.4 Å². The maximum atomic E-state index is 12.9. The number of aryl methyl sites for hydroxylation is 1. The van der Waals surface area contributed by atoms with Gasteiger partial charge in [-0.15, -0.1) is 0 Å². The quantitative estimate of drug-likeness (QED) is 0.674. The van der Waals surface area contributed by atoms with Gasteiger partial charge in [-0.05, 0) is 49.3 Å². The second-order valence-electron chi connectivity index (χ2n) is 7.29. The van der Waals surface area contributed by atoms with Gasteiger partial charge in [0, 0.05) is 19.3 Å². The molecule has 0 aliphatic carbocycles. The molecule has 1 saturated heterocycles. The number of anilines is 1. The predicted molar refractivity (Wildman–Crippen MR) is 104 cm³/mol. The topological polar surface area (TPSA) is 63.2 Å². The molecule has 1 aliphatic heterocycles.